The number of benzene rings is 1. The number of nitrogens with one attached hydrogen (secondary N) is 1. The first-order valence-electron chi connectivity index (χ1n) is 10.1. The number of hydrogen-bond donors (Lipinski definition) is 1. The van der Waals surface area contributed by atoms with Crippen molar-refractivity contribution in [1.29, 1.82) is 0 Å². The molecule has 3 rings (SSSR count). The molecule has 29 heavy (non-hydrogen) atoms. The third kappa shape index (κ3) is 5.49. The molecule has 1 fully saturated rings. The normalized spacial score (nSPS) is 15.6. The monoisotopic (exact) mass is 403 g/mol. The van der Waals surface area contributed by atoms with Gasteiger partial charge in [-0.15, -0.1) is 0 Å². The molecule has 158 valence electrons. The average molecular weight is 403 g/mol. The molecular formula is C22H30FN3O3. The molecule has 6 nitrogen and oxygen atoms in total. The van der Waals surface area contributed by atoms with Crippen LogP contribution >= 0.6 is 0 Å². The van der Waals surface area contributed by atoms with Gasteiger partial charge in [0.15, 0.2) is 0 Å². The Morgan fingerprint density at radius 3 is 2.62 bits per heavy atom. The third-order valence-corrected chi connectivity index (χ3v) is 5.28. The fraction of sp³-hybridized carbons (Fsp3) is 0.545. The number of carbonyl (C=O) groups is 2. The largest absolute Gasteiger partial charge is 0.444 e. The Morgan fingerprint density at radius 2 is 1.97 bits per heavy atom. The Hall–Kier alpha value is -2.57. The number of carbonyl (C=O) groups excluding carboxylic acids is 2. The number of ether oxygens (including phenoxy) is 1. The number of halogens is 1. The first-order chi connectivity index (χ1) is 13.6. The summed E-state index contributed by atoms with van der Waals surface area (Å²) in [5.41, 5.74) is 1.09. The molecule has 1 aromatic carbocycles. The minimum absolute atomic E-state index is 0.0779. The summed E-state index contributed by atoms with van der Waals surface area (Å²) in [5.74, 6) is 0.137. The lowest BCUT2D eigenvalue weighted by Crippen LogP contribution is -2.43. The van der Waals surface area contributed by atoms with Crippen LogP contribution in [0.4, 0.5) is 9.18 Å². The van der Waals surface area contributed by atoms with Crippen molar-refractivity contribution < 1.29 is 18.7 Å². The second-order valence-electron chi connectivity index (χ2n) is 8.87. The molecule has 0 bridgehead atoms. The molecule has 0 atom stereocenters. The molecule has 1 aliphatic rings. The van der Waals surface area contributed by atoms with Crippen molar-refractivity contribution in [2.45, 2.75) is 45.6 Å². The zero-order valence-corrected chi connectivity index (χ0v) is 17.6. The number of amides is 2. The Labute approximate surface area is 171 Å². The highest BCUT2D eigenvalue weighted by Crippen LogP contribution is 2.23. The fourth-order valence-corrected chi connectivity index (χ4v) is 3.75. The Kier molecular flexibility index (Phi) is 6.15. The molecule has 2 amide bonds. The maximum atomic E-state index is 13.3. The molecule has 1 aromatic heterocycles. The zero-order chi connectivity index (χ0) is 21.2. The van der Waals surface area contributed by atoms with Crippen LogP contribution in [-0.4, -0.2) is 59.1 Å². The van der Waals surface area contributed by atoms with Gasteiger partial charge in [0.2, 0.25) is 5.91 Å². The van der Waals surface area contributed by atoms with Gasteiger partial charge in [0.25, 0.3) is 0 Å². The van der Waals surface area contributed by atoms with Gasteiger partial charge in [0, 0.05) is 43.8 Å². The van der Waals surface area contributed by atoms with Crippen LogP contribution in [0.5, 0.6) is 0 Å². The van der Waals surface area contributed by atoms with E-state index >= 15 is 0 Å². The highest BCUT2D eigenvalue weighted by molar-refractivity contribution is 5.89. The maximum absolute atomic E-state index is 13.3. The van der Waals surface area contributed by atoms with Gasteiger partial charge >= 0.3 is 6.09 Å². The highest BCUT2D eigenvalue weighted by atomic mass is 19.1. The van der Waals surface area contributed by atoms with Gasteiger partial charge in [-0.05, 0) is 63.3 Å². The number of aromatic amines is 1. The van der Waals surface area contributed by atoms with Crippen molar-refractivity contribution in [3.8, 4) is 0 Å². The first-order valence-corrected chi connectivity index (χ1v) is 10.1. The number of H-pyrrole nitrogens is 1. The topological polar surface area (TPSA) is 65.6 Å². The van der Waals surface area contributed by atoms with E-state index < -0.39 is 5.60 Å². The molecule has 7 heteroatoms. The summed E-state index contributed by atoms with van der Waals surface area (Å²) in [5, 5.41) is 0.883. The predicted molar refractivity (Wildman–Crippen MR) is 110 cm³/mol. The van der Waals surface area contributed by atoms with E-state index in [1.54, 1.807) is 24.2 Å². The van der Waals surface area contributed by atoms with Gasteiger partial charge in [-0.3, -0.25) is 4.79 Å². The van der Waals surface area contributed by atoms with Crippen LogP contribution in [0.3, 0.4) is 0 Å². The summed E-state index contributed by atoms with van der Waals surface area (Å²) >= 11 is 0. The SMILES string of the molecule is CN(CC1CCN(C(=O)Cc2c[nH]c3cc(F)ccc23)CC1)C(=O)OC(C)(C)C. The number of rotatable bonds is 4. The molecule has 2 heterocycles. The second kappa shape index (κ2) is 8.43. The Morgan fingerprint density at radius 1 is 1.28 bits per heavy atom. The summed E-state index contributed by atoms with van der Waals surface area (Å²) in [6.45, 7) is 7.56. The average Bonchev–Trinajstić information content (AvgIpc) is 3.02. The summed E-state index contributed by atoms with van der Waals surface area (Å²) in [4.78, 5) is 31.4. The quantitative estimate of drug-likeness (QED) is 0.841. The molecule has 1 aliphatic heterocycles. The van der Waals surface area contributed by atoms with E-state index in [0.29, 0.717) is 37.5 Å². The van der Waals surface area contributed by atoms with Gasteiger partial charge in [-0.2, -0.15) is 0 Å². The van der Waals surface area contributed by atoms with E-state index in [4.69, 9.17) is 4.74 Å². The molecule has 0 aliphatic carbocycles. The standard InChI is InChI=1S/C22H30FN3O3/c1-22(2,3)29-21(28)25(4)14-15-7-9-26(10-8-15)20(27)11-16-13-24-19-12-17(23)5-6-18(16)19/h5-6,12-13,15,24H,7-11,14H2,1-4H3. The summed E-state index contributed by atoms with van der Waals surface area (Å²) in [6.07, 6.45) is 3.49. The van der Waals surface area contributed by atoms with Crippen molar-refractivity contribution in [2.24, 2.45) is 5.92 Å². The van der Waals surface area contributed by atoms with Gasteiger partial charge in [-0.1, -0.05) is 0 Å². The van der Waals surface area contributed by atoms with Crippen LogP contribution in [0.15, 0.2) is 24.4 Å². The molecule has 0 unspecified atom stereocenters. The van der Waals surface area contributed by atoms with Gasteiger partial charge in [-0.25, -0.2) is 9.18 Å². The Balaban J connectivity index is 1.50. The fourth-order valence-electron chi connectivity index (χ4n) is 3.75. The predicted octanol–water partition coefficient (Wildman–Crippen LogP) is 3.96. The van der Waals surface area contributed by atoms with E-state index in [-0.39, 0.29) is 17.8 Å². The third-order valence-electron chi connectivity index (χ3n) is 5.28. The number of likely N-dealkylation sites (tertiary alicyclic amines) is 1. The Bertz CT molecular complexity index is 879. The molecule has 0 radical (unpaired) electrons. The van der Waals surface area contributed by atoms with Crippen LogP contribution in [0.25, 0.3) is 10.9 Å². The number of fused-ring (bicyclic) bond motifs is 1. The number of aromatic nitrogens is 1. The van der Waals surface area contributed by atoms with Gasteiger partial charge < -0.3 is 19.5 Å². The van der Waals surface area contributed by atoms with Crippen LogP contribution in [0.1, 0.15) is 39.2 Å². The van der Waals surface area contributed by atoms with E-state index in [1.165, 1.54) is 12.1 Å². The summed E-state index contributed by atoms with van der Waals surface area (Å²) in [7, 11) is 1.76. The van der Waals surface area contributed by atoms with Crippen molar-refractivity contribution >= 4 is 22.9 Å². The van der Waals surface area contributed by atoms with Gasteiger partial charge in [0.05, 0.1) is 6.42 Å². The van der Waals surface area contributed by atoms with Crippen molar-refractivity contribution in [2.75, 3.05) is 26.7 Å². The van der Waals surface area contributed by atoms with E-state index in [9.17, 15) is 14.0 Å². The lowest BCUT2D eigenvalue weighted by molar-refractivity contribution is -0.131. The van der Waals surface area contributed by atoms with Crippen molar-refractivity contribution in [3.63, 3.8) is 0 Å². The molecule has 0 spiro atoms. The molecule has 1 N–H and O–H groups in total. The lowest BCUT2D eigenvalue weighted by atomic mass is 9.96. The second-order valence-corrected chi connectivity index (χ2v) is 8.87. The van der Waals surface area contributed by atoms with E-state index in [0.717, 1.165) is 23.8 Å². The van der Waals surface area contributed by atoms with Crippen LogP contribution in [0, 0.1) is 11.7 Å². The molecule has 0 saturated carbocycles. The maximum Gasteiger partial charge on any atom is 0.410 e. The van der Waals surface area contributed by atoms with Crippen molar-refractivity contribution in [1.82, 2.24) is 14.8 Å². The zero-order valence-electron chi connectivity index (χ0n) is 17.6. The minimum atomic E-state index is -0.505. The van der Waals surface area contributed by atoms with Crippen molar-refractivity contribution in [3.05, 3.63) is 35.8 Å². The van der Waals surface area contributed by atoms with E-state index in [2.05, 4.69) is 4.98 Å². The highest BCUT2D eigenvalue weighted by Gasteiger charge is 2.27. The van der Waals surface area contributed by atoms with Crippen LogP contribution < -0.4 is 0 Å². The molecule has 1 saturated heterocycles. The molecular weight excluding hydrogens is 373 g/mol. The number of piperidine rings is 1. The lowest BCUT2D eigenvalue weighted by Gasteiger charge is -2.34. The molecule has 2 aromatic rings. The minimum Gasteiger partial charge on any atom is -0.444 e. The van der Waals surface area contributed by atoms with Gasteiger partial charge in [0.1, 0.15) is 11.4 Å². The number of nitrogens with zero attached hydrogens (tertiary/aromatic N) is 2. The van der Waals surface area contributed by atoms with Crippen LogP contribution in [0.2, 0.25) is 0 Å². The van der Waals surface area contributed by atoms with Crippen LogP contribution in [-0.2, 0) is 16.0 Å². The summed E-state index contributed by atoms with van der Waals surface area (Å²) < 4.78 is 18.7. The smallest absolute Gasteiger partial charge is 0.410 e. The number of hydrogen-bond acceptors (Lipinski definition) is 3. The first kappa shape index (κ1) is 21.1. The van der Waals surface area contributed by atoms with E-state index in [1.807, 2.05) is 25.7 Å². The summed E-state index contributed by atoms with van der Waals surface area (Å²) in [6, 6.07) is 4.56.